The monoisotopic (exact) mass is 341 g/mol. The quantitative estimate of drug-likeness (QED) is 0.770. The second-order valence-electron chi connectivity index (χ2n) is 6.59. The molecule has 0 heterocycles. The number of ether oxygens (including phenoxy) is 1. The molecule has 4 heteroatoms. The van der Waals surface area contributed by atoms with Crippen molar-refractivity contribution in [2.75, 3.05) is 6.54 Å². The smallest absolute Gasteiger partial charge is 0.260 e. The first-order chi connectivity index (χ1) is 12.0. The van der Waals surface area contributed by atoms with Crippen molar-refractivity contribution < 1.29 is 14.6 Å². The fraction of sp³-hybridized carbons (Fsp3) is 0.381. The van der Waals surface area contributed by atoms with Crippen LogP contribution in [0.3, 0.4) is 0 Å². The molecule has 0 bridgehead atoms. The summed E-state index contributed by atoms with van der Waals surface area (Å²) < 4.78 is 5.72. The topological polar surface area (TPSA) is 58.6 Å². The van der Waals surface area contributed by atoms with Crippen LogP contribution in [0.5, 0.6) is 5.75 Å². The predicted octanol–water partition coefficient (Wildman–Crippen LogP) is 3.64. The van der Waals surface area contributed by atoms with E-state index in [4.69, 9.17) is 4.74 Å². The van der Waals surface area contributed by atoms with Gasteiger partial charge in [0.1, 0.15) is 5.75 Å². The summed E-state index contributed by atoms with van der Waals surface area (Å²) in [6.07, 6.45) is -0.263. The number of aliphatic hydroxyl groups excluding tert-OH is 1. The molecule has 0 aliphatic heterocycles. The van der Waals surface area contributed by atoms with Crippen molar-refractivity contribution in [1.29, 1.82) is 0 Å². The highest BCUT2D eigenvalue weighted by molar-refractivity contribution is 5.80. The molecule has 0 aliphatic rings. The number of hydrogen-bond acceptors (Lipinski definition) is 3. The van der Waals surface area contributed by atoms with E-state index in [1.807, 2.05) is 49.4 Å². The molecule has 3 atom stereocenters. The molecule has 2 rings (SSSR count). The first kappa shape index (κ1) is 19.0. The Bertz CT molecular complexity index is 653. The van der Waals surface area contributed by atoms with E-state index in [-0.39, 0.29) is 17.9 Å². The second-order valence-corrected chi connectivity index (χ2v) is 6.59. The summed E-state index contributed by atoms with van der Waals surface area (Å²) in [5.41, 5.74) is 2.25. The van der Waals surface area contributed by atoms with Crippen LogP contribution in [-0.2, 0) is 4.79 Å². The average molecular weight is 341 g/mol. The molecular weight excluding hydrogens is 314 g/mol. The Balaban J connectivity index is 1.85. The zero-order valence-corrected chi connectivity index (χ0v) is 15.1. The molecule has 2 aromatic rings. The van der Waals surface area contributed by atoms with Gasteiger partial charge in [-0.25, -0.2) is 0 Å². The Morgan fingerprint density at radius 3 is 2.20 bits per heavy atom. The molecule has 2 aromatic carbocycles. The van der Waals surface area contributed by atoms with Crippen LogP contribution in [0.1, 0.15) is 27.2 Å². The molecule has 0 aliphatic carbocycles. The Hall–Kier alpha value is -2.33. The van der Waals surface area contributed by atoms with Crippen LogP contribution in [0.15, 0.2) is 54.6 Å². The highest BCUT2D eigenvalue weighted by Gasteiger charge is 2.16. The number of benzene rings is 2. The van der Waals surface area contributed by atoms with Gasteiger partial charge in [-0.1, -0.05) is 49.4 Å². The van der Waals surface area contributed by atoms with E-state index in [9.17, 15) is 9.90 Å². The lowest BCUT2D eigenvalue weighted by Crippen LogP contribution is -2.38. The van der Waals surface area contributed by atoms with Gasteiger partial charge in [-0.15, -0.1) is 0 Å². The molecule has 0 spiro atoms. The van der Waals surface area contributed by atoms with E-state index in [1.54, 1.807) is 13.8 Å². The van der Waals surface area contributed by atoms with Gasteiger partial charge in [-0.2, -0.15) is 0 Å². The summed E-state index contributed by atoms with van der Waals surface area (Å²) in [6.45, 7) is 6.02. The lowest BCUT2D eigenvalue weighted by Gasteiger charge is -2.18. The number of hydrogen-bond donors (Lipinski definition) is 2. The van der Waals surface area contributed by atoms with Crippen molar-refractivity contribution in [3.05, 3.63) is 54.6 Å². The Kier molecular flexibility index (Phi) is 7.02. The zero-order chi connectivity index (χ0) is 18.2. The summed E-state index contributed by atoms with van der Waals surface area (Å²) in [5, 5.41) is 12.2. The molecule has 0 saturated heterocycles. The van der Waals surface area contributed by atoms with Crippen LogP contribution >= 0.6 is 0 Å². The molecule has 1 amide bonds. The minimum atomic E-state index is -0.568. The number of amides is 1. The van der Waals surface area contributed by atoms with E-state index < -0.39 is 6.10 Å². The van der Waals surface area contributed by atoms with Gasteiger partial charge >= 0.3 is 0 Å². The third-order valence-electron chi connectivity index (χ3n) is 4.01. The Labute approximate surface area is 149 Å². The second kappa shape index (κ2) is 9.23. The standard InChI is InChI=1S/C21H27NO3/c1-15(13-16(2)23)14-22-21(24)17(3)25-20-11-9-19(10-12-20)18-7-5-4-6-8-18/h4-12,15-17,23H,13-14H2,1-3H3,(H,22,24). The van der Waals surface area contributed by atoms with Crippen LogP contribution in [0.2, 0.25) is 0 Å². The predicted molar refractivity (Wildman–Crippen MR) is 100 cm³/mol. The van der Waals surface area contributed by atoms with Crippen LogP contribution in [-0.4, -0.2) is 29.8 Å². The largest absolute Gasteiger partial charge is 0.481 e. The molecule has 0 saturated carbocycles. The maximum absolute atomic E-state index is 12.1. The SMILES string of the molecule is CC(O)CC(C)CNC(=O)C(C)Oc1ccc(-c2ccccc2)cc1. The molecule has 134 valence electrons. The highest BCUT2D eigenvalue weighted by Crippen LogP contribution is 2.22. The van der Waals surface area contributed by atoms with Gasteiger partial charge in [0.15, 0.2) is 6.10 Å². The van der Waals surface area contributed by atoms with Gasteiger partial charge in [0.05, 0.1) is 6.10 Å². The van der Waals surface area contributed by atoms with Crippen molar-refractivity contribution >= 4 is 5.91 Å². The average Bonchev–Trinajstić information content (AvgIpc) is 2.60. The first-order valence-corrected chi connectivity index (χ1v) is 8.73. The van der Waals surface area contributed by atoms with Gasteiger partial charge in [-0.3, -0.25) is 4.79 Å². The van der Waals surface area contributed by atoms with Crippen molar-refractivity contribution in [2.24, 2.45) is 5.92 Å². The lowest BCUT2D eigenvalue weighted by molar-refractivity contribution is -0.127. The molecule has 0 aromatic heterocycles. The van der Waals surface area contributed by atoms with E-state index in [0.717, 1.165) is 11.1 Å². The van der Waals surface area contributed by atoms with Gasteiger partial charge in [0.2, 0.25) is 0 Å². The fourth-order valence-corrected chi connectivity index (χ4v) is 2.70. The van der Waals surface area contributed by atoms with Gasteiger partial charge in [0.25, 0.3) is 5.91 Å². The summed E-state index contributed by atoms with van der Waals surface area (Å²) in [6, 6.07) is 17.8. The van der Waals surface area contributed by atoms with E-state index >= 15 is 0 Å². The fourth-order valence-electron chi connectivity index (χ4n) is 2.70. The van der Waals surface area contributed by atoms with E-state index in [1.165, 1.54) is 0 Å². The van der Waals surface area contributed by atoms with Gasteiger partial charge < -0.3 is 15.2 Å². The van der Waals surface area contributed by atoms with Crippen LogP contribution in [0.4, 0.5) is 0 Å². The number of rotatable bonds is 8. The summed E-state index contributed by atoms with van der Waals surface area (Å²) in [4.78, 5) is 12.1. The first-order valence-electron chi connectivity index (χ1n) is 8.73. The summed E-state index contributed by atoms with van der Waals surface area (Å²) >= 11 is 0. The normalized spacial score (nSPS) is 14.4. The van der Waals surface area contributed by atoms with E-state index in [2.05, 4.69) is 17.4 Å². The van der Waals surface area contributed by atoms with Crippen LogP contribution in [0.25, 0.3) is 11.1 Å². The molecule has 0 fully saturated rings. The molecular formula is C21H27NO3. The zero-order valence-electron chi connectivity index (χ0n) is 15.1. The maximum atomic E-state index is 12.1. The summed E-state index contributed by atoms with van der Waals surface area (Å²) in [5.74, 6) is 0.741. The number of nitrogens with one attached hydrogen (secondary N) is 1. The number of carbonyl (C=O) groups is 1. The van der Waals surface area contributed by atoms with Gasteiger partial charge in [0, 0.05) is 6.54 Å². The van der Waals surface area contributed by atoms with Crippen molar-refractivity contribution in [3.63, 3.8) is 0 Å². The minimum Gasteiger partial charge on any atom is -0.481 e. The van der Waals surface area contributed by atoms with E-state index in [0.29, 0.717) is 18.7 Å². The van der Waals surface area contributed by atoms with Gasteiger partial charge in [-0.05, 0) is 49.4 Å². The third-order valence-corrected chi connectivity index (χ3v) is 4.01. The molecule has 3 unspecified atom stereocenters. The molecule has 4 nitrogen and oxygen atoms in total. The third kappa shape index (κ3) is 6.24. The Morgan fingerprint density at radius 1 is 1.00 bits per heavy atom. The minimum absolute atomic E-state index is 0.149. The molecule has 2 N–H and O–H groups in total. The molecule has 25 heavy (non-hydrogen) atoms. The summed E-state index contributed by atoms with van der Waals surface area (Å²) in [7, 11) is 0. The van der Waals surface area contributed by atoms with Crippen LogP contribution < -0.4 is 10.1 Å². The Morgan fingerprint density at radius 2 is 1.60 bits per heavy atom. The number of carbonyl (C=O) groups excluding carboxylic acids is 1. The van der Waals surface area contributed by atoms with Crippen molar-refractivity contribution in [1.82, 2.24) is 5.32 Å². The van der Waals surface area contributed by atoms with Crippen molar-refractivity contribution in [2.45, 2.75) is 39.4 Å². The molecule has 0 radical (unpaired) electrons. The number of aliphatic hydroxyl groups is 1. The van der Waals surface area contributed by atoms with Crippen LogP contribution in [0, 0.1) is 5.92 Å². The van der Waals surface area contributed by atoms with Crippen molar-refractivity contribution in [3.8, 4) is 16.9 Å². The lowest BCUT2D eigenvalue weighted by atomic mass is 10.0. The highest BCUT2D eigenvalue weighted by atomic mass is 16.5. The maximum Gasteiger partial charge on any atom is 0.260 e.